The van der Waals surface area contributed by atoms with Gasteiger partial charge in [-0.05, 0) is 36.4 Å². The smallest absolute Gasteiger partial charge is 0.228 e. The maximum atomic E-state index is 13.1. The van der Waals surface area contributed by atoms with E-state index in [0.717, 1.165) is 36.7 Å². The summed E-state index contributed by atoms with van der Waals surface area (Å²) in [5, 5.41) is 0.629. The average Bonchev–Trinajstić information content (AvgIpc) is 3.38. The van der Waals surface area contributed by atoms with Gasteiger partial charge in [0.15, 0.2) is 0 Å². The molecule has 1 unspecified atom stereocenters. The largest absolute Gasteiger partial charge is 0.340 e. The summed E-state index contributed by atoms with van der Waals surface area (Å²) in [5.74, 6) is -0.209. The monoisotopic (exact) mass is 437 g/mol. The molecule has 2 saturated heterocycles. The van der Waals surface area contributed by atoms with Crippen LogP contribution >= 0.6 is 11.6 Å². The maximum Gasteiger partial charge on any atom is 0.228 e. The van der Waals surface area contributed by atoms with Crippen LogP contribution in [-0.4, -0.2) is 63.7 Å². The predicted octanol–water partition coefficient (Wildman–Crippen LogP) is 2.69. The minimum absolute atomic E-state index is 0.00748. The summed E-state index contributed by atoms with van der Waals surface area (Å²) in [6.07, 6.45) is 4.22. The van der Waals surface area contributed by atoms with Crippen molar-refractivity contribution in [3.63, 3.8) is 0 Å². The molecule has 31 heavy (non-hydrogen) atoms. The Morgan fingerprint density at radius 1 is 1.06 bits per heavy atom. The molecule has 2 amide bonds. The molecule has 4 heterocycles. The molecule has 5 rings (SSSR count). The number of rotatable bonds is 4. The number of carbonyl (C=O) groups excluding carboxylic acids is 2. The van der Waals surface area contributed by atoms with Gasteiger partial charge >= 0.3 is 0 Å². The van der Waals surface area contributed by atoms with Gasteiger partial charge in [0.25, 0.3) is 0 Å². The second-order valence-electron chi connectivity index (χ2n) is 8.16. The van der Waals surface area contributed by atoms with Crippen LogP contribution < -0.4 is 4.90 Å². The molecule has 2 aromatic heterocycles. The Kier molecular flexibility index (Phi) is 5.38. The highest BCUT2D eigenvalue weighted by molar-refractivity contribution is 6.30. The fourth-order valence-corrected chi connectivity index (χ4v) is 4.59. The molecule has 0 saturated carbocycles. The van der Waals surface area contributed by atoms with Crippen LogP contribution in [0.4, 0.5) is 5.69 Å². The van der Waals surface area contributed by atoms with Crippen LogP contribution in [-0.2, 0) is 16.1 Å². The number of nitrogens with zero attached hydrogens (tertiary/aromatic N) is 5. The molecule has 160 valence electrons. The molecule has 2 aliphatic heterocycles. The summed E-state index contributed by atoms with van der Waals surface area (Å²) in [7, 11) is 0. The van der Waals surface area contributed by atoms with Crippen molar-refractivity contribution in [3.8, 4) is 0 Å². The highest BCUT2D eigenvalue weighted by Crippen LogP contribution is 2.27. The highest BCUT2D eigenvalue weighted by Gasteiger charge is 2.37. The van der Waals surface area contributed by atoms with E-state index in [1.54, 1.807) is 17.0 Å². The predicted molar refractivity (Wildman–Crippen MR) is 119 cm³/mol. The lowest BCUT2D eigenvalue weighted by Gasteiger charge is -2.35. The maximum absolute atomic E-state index is 13.1. The molecule has 0 aliphatic carbocycles. The van der Waals surface area contributed by atoms with Gasteiger partial charge in [-0.15, -0.1) is 0 Å². The van der Waals surface area contributed by atoms with E-state index in [4.69, 9.17) is 11.6 Å². The second kappa shape index (κ2) is 8.32. The topological polar surface area (TPSA) is 61.2 Å². The van der Waals surface area contributed by atoms with Crippen LogP contribution in [0.1, 0.15) is 12.1 Å². The summed E-state index contributed by atoms with van der Waals surface area (Å²) < 4.78 is 2.10. The van der Waals surface area contributed by atoms with Gasteiger partial charge in [-0.1, -0.05) is 17.7 Å². The van der Waals surface area contributed by atoms with Gasteiger partial charge in [-0.25, -0.2) is 4.98 Å². The van der Waals surface area contributed by atoms with Crippen molar-refractivity contribution in [3.05, 3.63) is 65.6 Å². The molecule has 8 heteroatoms. The van der Waals surface area contributed by atoms with E-state index in [2.05, 4.69) is 14.3 Å². The van der Waals surface area contributed by atoms with Crippen LogP contribution in [0.2, 0.25) is 5.02 Å². The molecular formula is C23H24ClN5O2. The molecule has 2 aliphatic rings. The Morgan fingerprint density at radius 2 is 1.84 bits per heavy atom. The lowest BCUT2D eigenvalue weighted by atomic mass is 10.1. The number of amides is 2. The fraction of sp³-hybridized carbons (Fsp3) is 0.348. The lowest BCUT2D eigenvalue weighted by molar-refractivity contribution is -0.137. The Morgan fingerprint density at radius 3 is 2.61 bits per heavy atom. The zero-order valence-corrected chi connectivity index (χ0v) is 17.9. The Bertz CT molecular complexity index is 1100. The molecule has 0 N–H and O–H groups in total. The molecule has 1 atom stereocenters. The summed E-state index contributed by atoms with van der Waals surface area (Å²) in [5.41, 5.74) is 2.89. The minimum atomic E-state index is -0.284. The van der Waals surface area contributed by atoms with E-state index in [0.29, 0.717) is 24.7 Å². The number of fused-ring (bicyclic) bond motifs is 1. The first-order chi connectivity index (χ1) is 15.1. The summed E-state index contributed by atoms with van der Waals surface area (Å²) >= 11 is 5.95. The molecule has 2 fully saturated rings. The van der Waals surface area contributed by atoms with Crippen LogP contribution in [0.25, 0.3) is 5.65 Å². The first-order valence-electron chi connectivity index (χ1n) is 10.6. The Labute approximate surface area is 185 Å². The van der Waals surface area contributed by atoms with Gasteiger partial charge in [-0.2, -0.15) is 0 Å². The highest BCUT2D eigenvalue weighted by atomic mass is 35.5. The molecule has 0 spiro atoms. The van der Waals surface area contributed by atoms with Crippen LogP contribution in [0, 0.1) is 5.92 Å². The van der Waals surface area contributed by atoms with E-state index in [1.807, 2.05) is 47.6 Å². The van der Waals surface area contributed by atoms with Gasteiger partial charge in [0.05, 0.1) is 17.8 Å². The molecule has 7 nitrogen and oxygen atoms in total. The van der Waals surface area contributed by atoms with Crippen molar-refractivity contribution < 1.29 is 9.59 Å². The number of hydrogen-bond donors (Lipinski definition) is 0. The minimum Gasteiger partial charge on any atom is -0.340 e. The first kappa shape index (κ1) is 20.0. The Hall–Kier alpha value is -2.90. The van der Waals surface area contributed by atoms with Crippen LogP contribution in [0.15, 0.2) is 54.9 Å². The van der Waals surface area contributed by atoms with E-state index in [1.165, 1.54) is 0 Å². The number of anilines is 1. The number of carbonyl (C=O) groups is 2. The summed E-state index contributed by atoms with van der Waals surface area (Å²) in [6, 6.07) is 13.2. The third-order valence-electron chi connectivity index (χ3n) is 6.18. The summed E-state index contributed by atoms with van der Waals surface area (Å²) in [6.45, 7) is 4.23. The van der Waals surface area contributed by atoms with Gasteiger partial charge in [0.2, 0.25) is 11.8 Å². The van der Waals surface area contributed by atoms with Crippen molar-refractivity contribution >= 4 is 34.7 Å². The third kappa shape index (κ3) is 4.03. The first-order valence-corrected chi connectivity index (χ1v) is 10.9. The second-order valence-corrected chi connectivity index (χ2v) is 8.60. The number of halogens is 1. The molecule has 0 radical (unpaired) electrons. The van der Waals surface area contributed by atoms with Gasteiger partial charge < -0.3 is 14.2 Å². The molecule has 0 bridgehead atoms. The van der Waals surface area contributed by atoms with E-state index in [-0.39, 0.29) is 24.2 Å². The number of imidazole rings is 1. The number of benzene rings is 1. The SMILES string of the molecule is O=C(C1CC(=O)N(c2ccc(Cl)cc2)C1)N1CCN(Cc2cnc3ccccn23)CC1. The zero-order chi connectivity index (χ0) is 21.4. The lowest BCUT2D eigenvalue weighted by Crippen LogP contribution is -2.50. The number of hydrogen-bond acceptors (Lipinski definition) is 4. The summed E-state index contributed by atoms with van der Waals surface area (Å²) in [4.78, 5) is 36.0. The van der Waals surface area contributed by atoms with Crippen molar-refractivity contribution in [2.24, 2.45) is 5.92 Å². The average molecular weight is 438 g/mol. The molecule has 3 aromatic rings. The molecule has 1 aromatic carbocycles. The van der Waals surface area contributed by atoms with E-state index in [9.17, 15) is 9.59 Å². The van der Waals surface area contributed by atoms with E-state index < -0.39 is 0 Å². The fourth-order valence-electron chi connectivity index (χ4n) is 4.46. The third-order valence-corrected chi connectivity index (χ3v) is 6.43. The van der Waals surface area contributed by atoms with Gasteiger partial charge in [0.1, 0.15) is 5.65 Å². The van der Waals surface area contributed by atoms with Gasteiger partial charge in [0, 0.05) is 62.6 Å². The molecular weight excluding hydrogens is 414 g/mol. The van der Waals surface area contributed by atoms with Crippen molar-refractivity contribution in [1.29, 1.82) is 0 Å². The van der Waals surface area contributed by atoms with Crippen LogP contribution in [0.5, 0.6) is 0 Å². The van der Waals surface area contributed by atoms with Crippen molar-refractivity contribution in [2.45, 2.75) is 13.0 Å². The van der Waals surface area contributed by atoms with Gasteiger partial charge in [-0.3, -0.25) is 14.5 Å². The van der Waals surface area contributed by atoms with Crippen molar-refractivity contribution in [2.75, 3.05) is 37.6 Å². The normalized spacial score (nSPS) is 20.0. The standard InChI is InChI=1S/C23H24ClN5O2/c24-18-4-6-19(7-5-18)29-15-17(13-22(29)30)23(31)27-11-9-26(10-12-27)16-20-14-25-21-3-1-2-8-28(20)21/h1-8,14,17H,9-13,15-16H2. The van der Waals surface area contributed by atoms with Crippen molar-refractivity contribution in [1.82, 2.24) is 19.2 Å². The number of pyridine rings is 1. The quantitative estimate of drug-likeness (QED) is 0.629. The number of aromatic nitrogens is 2. The number of piperazine rings is 1. The Balaban J connectivity index is 1.17. The van der Waals surface area contributed by atoms with Crippen LogP contribution in [0.3, 0.4) is 0 Å². The zero-order valence-electron chi connectivity index (χ0n) is 17.2. The van der Waals surface area contributed by atoms with E-state index >= 15 is 0 Å².